The Morgan fingerprint density at radius 3 is 1.81 bits per heavy atom. The molecular weight excluding hydrogens is 711 g/mol. The van der Waals surface area contributed by atoms with Crippen LogP contribution in [0.25, 0.3) is 6.08 Å². The minimum atomic E-state index is -5.75. The van der Waals surface area contributed by atoms with Gasteiger partial charge in [0.1, 0.15) is 22.2 Å². The predicted molar refractivity (Wildman–Crippen MR) is 183 cm³/mol. The second-order valence-corrected chi connectivity index (χ2v) is 12.3. The summed E-state index contributed by atoms with van der Waals surface area (Å²) in [6.45, 7) is 1.90. The van der Waals surface area contributed by atoms with Gasteiger partial charge in [-0.25, -0.2) is 17.6 Å². The Kier molecular flexibility index (Phi) is 11.5. The highest BCUT2D eigenvalue weighted by molar-refractivity contribution is 8.00. The zero-order valence-corrected chi connectivity index (χ0v) is 27.6. The first-order valence-corrected chi connectivity index (χ1v) is 16.1. The molecule has 52 heavy (non-hydrogen) atoms. The molecule has 5 aromatic rings. The number of hydrogen-bond acceptors (Lipinski definition) is 4. The van der Waals surface area contributed by atoms with Gasteiger partial charge >= 0.3 is 6.18 Å². The van der Waals surface area contributed by atoms with Crippen LogP contribution in [-0.2, 0) is 15.8 Å². The minimum absolute atomic E-state index is 0.0624. The molecule has 5 aromatic carbocycles. The molecule has 0 aromatic heterocycles. The molecule has 0 radical (unpaired) electrons. The molecular formula is C38H26F7N3O3S. The fraction of sp³-hybridized carbons (Fsp3) is 0.0789. The molecule has 0 fully saturated rings. The van der Waals surface area contributed by atoms with Crippen molar-refractivity contribution in [2.24, 2.45) is 0 Å². The number of rotatable bonds is 10. The second kappa shape index (κ2) is 16.0. The molecule has 0 bridgehead atoms. The van der Waals surface area contributed by atoms with Crippen molar-refractivity contribution >= 4 is 46.9 Å². The van der Waals surface area contributed by atoms with Gasteiger partial charge < -0.3 is 16.0 Å². The van der Waals surface area contributed by atoms with E-state index in [-0.39, 0.29) is 16.9 Å². The molecule has 0 heterocycles. The van der Waals surface area contributed by atoms with Crippen LogP contribution in [0.5, 0.6) is 0 Å². The van der Waals surface area contributed by atoms with Crippen LogP contribution in [0, 0.1) is 30.2 Å². The number of amides is 3. The molecule has 3 N–H and O–H groups in total. The topological polar surface area (TPSA) is 87.3 Å². The highest BCUT2D eigenvalue weighted by Gasteiger charge is 2.43. The van der Waals surface area contributed by atoms with Gasteiger partial charge in [-0.15, -0.1) is 11.8 Å². The largest absolute Gasteiger partial charge is 0.422 e. The number of halogens is 7. The summed E-state index contributed by atoms with van der Waals surface area (Å²) >= 11 is 0.834. The van der Waals surface area contributed by atoms with Crippen molar-refractivity contribution in [3.63, 3.8) is 0 Å². The van der Waals surface area contributed by atoms with Crippen LogP contribution in [0.4, 0.5) is 42.1 Å². The molecule has 0 aliphatic heterocycles. The van der Waals surface area contributed by atoms with E-state index in [0.29, 0.717) is 16.0 Å². The zero-order valence-electron chi connectivity index (χ0n) is 26.8. The SMILES string of the molecule is Cc1ccc(/C=C(\NC(=O)c2ccccc2)C(=O)Nc2ccc(SC(C(=O)Nc3c(F)c(F)c(C(F)(F)F)c(F)c3F)c3ccccc3)cc2)cc1. The van der Waals surface area contributed by atoms with E-state index in [1.807, 2.05) is 19.1 Å². The summed E-state index contributed by atoms with van der Waals surface area (Å²) in [5, 5.41) is 5.70. The predicted octanol–water partition coefficient (Wildman–Crippen LogP) is 9.45. The first kappa shape index (κ1) is 37.4. The standard InChI is InChI=1S/C38H26F7N3O3S/c1-21-12-14-22(15-13-21)20-27(47-35(49)24-10-6-3-7-11-24)36(50)46-25-16-18-26(19-17-25)52-34(23-8-4-2-5-9-23)37(51)48-33-31(41)29(39)28(38(43,44)45)30(40)32(33)42/h2-20,34H,1H3,(H,46,50)(H,47,49)(H,48,51)/b27-20-. The van der Waals surface area contributed by atoms with Gasteiger partial charge in [0.2, 0.25) is 5.91 Å². The summed E-state index contributed by atoms with van der Waals surface area (Å²) in [5.41, 5.74) is -2.05. The number of anilines is 2. The van der Waals surface area contributed by atoms with Gasteiger partial charge in [-0.2, -0.15) is 13.2 Å². The van der Waals surface area contributed by atoms with Gasteiger partial charge in [-0.05, 0) is 60.5 Å². The Labute approximate surface area is 296 Å². The molecule has 0 saturated heterocycles. The molecule has 14 heteroatoms. The summed E-state index contributed by atoms with van der Waals surface area (Å²) in [7, 11) is 0. The third-order valence-electron chi connectivity index (χ3n) is 7.42. The highest BCUT2D eigenvalue weighted by Crippen LogP contribution is 2.40. The highest BCUT2D eigenvalue weighted by atomic mass is 32.2. The van der Waals surface area contributed by atoms with Crippen LogP contribution < -0.4 is 16.0 Å². The lowest BCUT2D eigenvalue weighted by atomic mass is 10.1. The van der Waals surface area contributed by atoms with Crippen LogP contribution >= 0.6 is 11.8 Å². The normalized spacial score (nSPS) is 12.2. The summed E-state index contributed by atoms with van der Waals surface area (Å²) in [6, 6.07) is 29.1. The maximum absolute atomic E-state index is 14.6. The van der Waals surface area contributed by atoms with E-state index in [0.717, 1.165) is 17.3 Å². The zero-order chi connectivity index (χ0) is 37.6. The van der Waals surface area contributed by atoms with Crippen LogP contribution in [0.1, 0.15) is 37.9 Å². The smallest absolute Gasteiger partial charge is 0.321 e. The average Bonchev–Trinajstić information content (AvgIpc) is 3.13. The van der Waals surface area contributed by atoms with Crippen LogP contribution in [-0.4, -0.2) is 17.7 Å². The van der Waals surface area contributed by atoms with Gasteiger partial charge in [0.05, 0.1) is 0 Å². The molecule has 0 aliphatic rings. The summed E-state index contributed by atoms with van der Waals surface area (Å²) < 4.78 is 96.9. The van der Waals surface area contributed by atoms with E-state index in [4.69, 9.17) is 0 Å². The summed E-state index contributed by atoms with van der Waals surface area (Å²) in [6.07, 6.45) is -4.25. The molecule has 1 atom stereocenters. The summed E-state index contributed by atoms with van der Waals surface area (Å²) in [5.74, 6) is -12.6. The van der Waals surface area contributed by atoms with E-state index in [9.17, 15) is 45.1 Å². The van der Waals surface area contributed by atoms with Crippen LogP contribution in [0.15, 0.2) is 120 Å². The van der Waals surface area contributed by atoms with E-state index in [1.165, 1.54) is 42.5 Å². The van der Waals surface area contributed by atoms with Gasteiger partial charge in [-0.3, -0.25) is 14.4 Å². The molecule has 1 unspecified atom stereocenters. The molecule has 0 spiro atoms. The second-order valence-electron chi connectivity index (χ2n) is 11.2. The Morgan fingerprint density at radius 1 is 0.692 bits per heavy atom. The quantitative estimate of drug-likeness (QED) is 0.0577. The number of benzene rings is 5. The van der Waals surface area contributed by atoms with E-state index in [2.05, 4.69) is 10.6 Å². The number of hydrogen-bond donors (Lipinski definition) is 3. The number of nitrogens with one attached hydrogen (secondary N) is 3. The van der Waals surface area contributed by atoms with Gasteiger partial charge in [0.15, 0.2) is 23.3 Å². The van der Waals surface area contributed by atoms with Crippen molar-refractivity contribution in [2.45, 2.75) is 23.2 Å². The van der Waals surface area contributed by atoms with Crippen molar-refractivity contribution in [3.05, 3.63) is 166 Å². The van der Waals surface area contributed by atoms with Crippen molar-refractivity contribution in [1.82, 2.24) is 5.32 Å². The maximum atomic E-state index is 14.6. The van der Waals surface area contributed by atoms with E-state index < -0.39 is 63.7 Å². The molecule has 5 rings (SSSR count). The molecule has 0 aliphatic carbocycles. The van der Waals surface area contributed by atoms with Crippen LogP contribution in [0.3, 0.4) is 0 Å². The van der Waals surface area contributed by atoms with Gasteiger partial charge in [0, 0.05) is 16.1 Å². The van der Waals surface area contributed by atoms with Gasteiger partial charge in [0.25, 0.3) is 11.8 Å². The fourth-order valence-electron chi connectivity index (χ4n) is 4.80. The number of alkyl halides is 3. The monoisotopic (exact) mass is 737 g/mol. The Bertz CT molecular complexity index is 2100. The lowest BCUT2D eigenvalue weighted by molar-refractivity contribution is -0.143. The van der Waals surface area contributed by atoms with E-state index in [1.54, 1.807) is 66.0 Å². The van der Waals surface area contributed by atoms with Crippen molar-refractivity contribution in [1.29, 1.82) is 0 Å². The number of thioether (sulfide) groups is 1. The Balaban J connectivity index is 1.37. The van der Waals surface area contributed by atoms with Crippen LogP contribution in [0.2, 0.25) is 0 Å². The molecule has 3 amide bonds. The first-order valence-electron chi connectivity index (χ1n) is 15.2. The molecule has 6 nitrogen and oxygen atoms in total. The van der Waals surface area contributed by atoms with Gasteiger partial charge in [-0.1, -0.05) is 78.4 Å². The molecule has 0 saturated carbocycles. The summed E-state index contributed by atoms with van der Waals surface area (Å²) in [4.78, 5) is 40.1. The Hall–Kier alpha value is -5.89. The average molecular weight is 738 g/mol. The Morgan fingerprint density at radius 2 is 1.25 bits per heavy atom. The first-order chi connectivity index (χ1) is 24.7. The number of carbonyl (C=O) groups excluding carboxylic acids is 3. The minimum Gasteiger partial charge on any atom is -0.321 e. The molecule has 266 valence electrons. The number of aryl methyl sites for hydroxylation is 1. The maximum Gasteiger partial charge on any atom is 0.422 e. The van der Waals surface area contributed by atoms with Crippen molar-refractivity contribution < 1.29 is 45.1 Å². The fourth-order valence-corrected chi connectivity index (χ4v) is 5.83. The van der Waals surface area contributed by atoms with Crippen molar-refractivity contribution in [3.8, 4) is 0 Å². The third-order valence-corrected chi connectivity index (χ3v) is 8.69. The lowest BCUT2D eigenvalue weighted by Gasteiger charge is -2.19. The third kappa shape index (κ3) is 8.87. The number of carbonyl (C=O) groups is 3. The lowest BCUT2D eigenvalue weighted by Crippen LogP contribution is -2.30. The van der Waals surface area contributed by atoms with Crippen molar-refractivity contribution in [2.75, 3.05) is 10.6 Å². The van der Waals surface area contributed by atoms with E-state index >= 15 is 0 Å².